The number of benzene rings is 3. The minimum Gasteiger partial charge on any atom is -0.406 e. The molecule has 0 radical (unpaired) electrons. The average Bonchev–Trinajstić information content (AvgIpc) is 2.99. The number of anilines is 2. The Morgan fingerprint density at radius 3 is 2.00 bits per heavy atom. The summed E-state index contributed by atoms with van der Waals surface area (Å²) in [4.78, 5) is 28.0. The molecule has 0 saturated heterocycles. The van der Waals surface area contributed by atoms with Crippen LogP contribution >= 0.6 is 0 Å². The van der Waals surface area contributed by atoms with Crippen molar-refractivity contribution in [2.45, 2.75) is 27.1 Å². The van der Waals surface area contributed by atoms with Crippen LogP contribution in [0.25, 0.3) is 5.57 Å². The monoisotopic (exact) mass is 466 g/mol. The highest BCUT2D eigenvalue weighted by Crippen LogP contribution is 2.35. The number of imide groups is 1. The number of aryl methyl sites for hydroxylation is 3. The van der Waals surface area contributed by atoms with Gasteiger partial charge < -0.3 is 10.1 Å². The summed E-state index contributed by atoms with van der Waals surface area (Å²) in [5, 5.41) is 2.94. The van der Waals surface area contributed by atoms with Crippen LogP contribution in [0, 0.1) is 20.8 Å². The third-order valence-electron chi connectivity index (χ3n) is 5.38. The molecular weight excluding hydrogens is 445 g/mol. The topological polar surface area (TPSA) is 58.6 Å². The molecule has 8 heteroatoms. The normalized spacial score (nSPS) is 14.1. The molecule has 5 nitrogen and oxygen atoms in total. The maximum absolute atomic E-state index is 13.5. The SMILES string of the molecule is Cc1ccc(N2C(=O)C(Nc3ccc(OC(F)(F)F)cc3)=C(c3ccc(C)cc3C)C2=O)cc1. The van der Waals surface area contributed by atoms with Gasteiger partial charge in [-0.05, 0) is 68.3 Å². The Bertz CT molecular complexity index is 1290. The maximum atomic E-state index is 13.5. The van der Waals surface area contributed by atoms with E-state index < -0.39 is 23.9 Å². The zero-order chi connectivity index (χ0) is 24.6. The Kier molecular flexibility index (Phi) is 5.91. The summed E-state index contributed by atoms with van der Waals surface area (Å²) < 4.78 is 41.3. The van der Waals surface area contributed by atoms with Gasteiger partial charge in [-0.25, -0.2) is 4.90 Å². The van der Waals surface area contributed by atoms with E-state index in [2.05, 4.69) is 10.1 Å². The van der Waals surface area contributed by atoms with E-state index in [1.165, 1.54) is 12.1 Å². The molecule has 3 aromatic rings. The lowest BCUT2D eigenvalue weighted by Gasteiger charge is -2.16. The van der Waals surface area contributed by atoms with Crippen molar-refractivity contribution < 1.29 is 27.5 Å². The molecule has 3 aromatic carbocycles. The molecule has 0 fully saturated rings. The molecule has 1 aliphatic rings. The van der Waals surface area contributed by atoms with Crippen LogP contribution in [0.4, 0.5) is 24.5 Å². The number of hydrogen-bond donors (Lipinski definition) is 1. The zero-order valence-corrected chi connectivity index (χ0v) is 18.7. The van der Waals surface area contributed by atoms with Gasteiger partial charge in [0.05, 0.1) is 11.3 Å². The van der Waals surface area contributed by atoms with Gasteiger partial charge in [-0.2, -0.15) is 0 Å². The minimum absolute atomic E-state index is 0.0435. The molecule has 0 aromatic heterocycles. The van der Waals surface area contributed by atoms with E-state index in [-0.39, 0.29) is 11.3 Å². The average molecular weight is 466 g/mol. The molecule has 34 heavy (non-hydrogen) atoms. The summed E-state index contributed by atoms with van der Waals surface area (Å²) in [5.74, 6) is -1.43. The van der Waals surface area contributed by atoms with Crippen molar-refractivity contribution in [1.82, 2.24) is 0 Å². The van der Waals surface area contributed by atoms with Gasteiger partial charge in [0.2, 0.25) is 0 Å². The summed E-state index contributed by atoms with van der Waals surface area (Å²) in [7, 11) is 0. The standard InChI is InChI=1S/C26H21F3N2O3/c1-15-4-9-19(10-5-15)31-24(32)22(21-13-6-16(2)14-17(21)3)23(25(31)33)30-18-7-11-20(12-8-18)34-26(27,28)29/h4-14,30H,1-3H3. The number of ether oxygens (including phenoxy) is 1. The number of amides is 2. The molecule has 2 amide bonds. The van der Waals surface area contributed by atoms with Crippen molar-refractivity contribution in [2.24, 2.45) is 0 Å². The molecule has 0 unspecified atom stereocenters. The van der Waals surface area contributed by atoms with Gasteiger partial charge in [0.25, 0.3) is 11.8 Å². The third kappa shape index (κ3) is 4.66. The highest BCUT2D eigenvalue weighted by molar-refractivity contribution is 6.46. The van der Waals surface area contributed by atoms with Gasteiger partial charge in [0, 0.05) is 5.69 Å². The fraction of sp³-hybridized carbons (Fsp3) is 0.154. The van der Waals surface area contributed by atoms with Gasteiger partial charge in [0.1, 0.15) is 11.4 Å². The molecule has 0 aliphatic carbocycles. The first kappa shape index (κ1) is 23.1. The lowest BCUT2D eigenvalue weighted by Crippen LogP contribution is -2.32. The number of nitrogens with one attached hydrogen (secondary N) is 1. The summed E-state index contributed by atoms with van der Waals surface area (Å²) >= 11 is 0. The van der Waals surface area contributed by atoms with Crippen molar-refractivity contribution in [3.63, 3.8) is 0 Å². The summed E-state index contributed by atoms with van der Waals surface area (Å²) in [6, 6.07) is 17.5. The first-order valence-electron chi connectivity index (χ1n) is 10.4. The maximum Gasteiger partial charge on any atom is 0.573 e. The quantitative estimate of drug-likeness (QED) is 0.475. The van der Waals surface area contributed by atoms with Crippen LogP contribution in [0.2, 0.25) is 0 Å². The second-order valence-corrected chi connectivity index (χ2v) is 8.05. The number of carbonyl (C=O) groups excluding carboxylic acids is 2. The molecule has 0 spiro atoms. The van der Waals surface area contributed by atoms with E-state index in [1.807, 2.05) is 32.9 Å². The van der Waals surface area contributed by atoms with Crippen LogP contribution in [-0.2, 0) is 9.59 Å². The van der Waals surface area contributed by atoms with Crippen molar-refractivity contribution in [2.75, 3.05) is 10.2 Å². The number of rotatable bonds is 5. The molecular formula is C26H21F3N2O3. The molecule has 0 atom stereocenters. The number of alkyl halides is 3. The van der Waals surface area contributed by atoms with Crippen molar-refractivity contribution in [1.29, 1.82) is 0 Å². The summed E-state index contributed by atoms with van der Waals surface area (Å²) in [6.07, 6.45) is -4.81. The van der Waals surface area contributed by atoms with Crippen molar-refractivity contribution in [3.05, 3.63) is 94.7 Å². The summed E-state index contributed by atoms with van der Waals surface area (Å²) in [6.45, 7) is 5.67. The van der Waals surface area contributed by atoms with Gasteiger partial charge in [-0.3, -0.25) is 9.59 Å². The second kappa shape index (κ2) is 8.70. The van der Waals surface area contributed by atoms with Crippen LogP contribution in [-0.4, -0.2) is 18.2 Å². The van der Waals surface area contributed by atoms with Gasteiger partial charge >= 0.3 is 6.36 Å². The molecule has 1 heterocycles. The molecule has 0 bridgehead atoms. The Morgan fingerprint density at radius 2 is 1.41 bits per heavy atom. The highest BCUT2D eigenvalue weighted by atomic mass is 19.4. The largest absolute Gasteiger partial charge is 0.573 e. The second-order valence-electron chi connectivity index (χ2n) is 8.05. The zero-order valence-electron chi connectivity index (χ0n) is 18.7. The number of halogens is 3. The van der Waals surface area contributed by atoms with Crippen molar-refractivity contribution >= 4 is 28.8 Å². The van der Waals surface area contributed by atoms with E-state index >= 15 is 0 Å². The fourth-order valence-corrected chi connectivity index (χ4v) is 3.80. The van der Waals surface area contributed by atoms with Gasteiger partial charge in [0.15, 0.2) is 0 Å². The van der Waals surface area contributed by atoms with E-state index in [0.717, 1.165) is 33.7 Å². The van der Waals surface area contributed by atoms with E-state index in [9.17, 15) is 22.8 Å². The minimum atomic E-state index is -4.81. The predicted octanol–water partition coefficient (Wildman–Crippen LogP) is 5.91. The van der Waals surface area contributed by atoms with Crippen LogP contribution in [0.5, 0.6) is 5.75 Å². The van der Waals surface area contributed by atoms with Crippen LogP contribution in [0.1, 0.15) is 22.3 Å². The lowest BCUT2D eigenvalue weighted by atomic mass is 9.97. The summed E-state index contributed by atoms with van der Waals surface area (Å²) in [5.41, 5.74) is 4.38. The van der Waals surface area contributed by atoms with E-state index in [4.69, 9.17) is 0 Å². The molecule has 174 valence electrons. The molecule has 0 saturated carbocycles. The molecule has 1 N–H and O–H groups in total. The van der Waals surface area contributed by atoms with E-state index in [1.54, 1.807) is 30.3 Å². The van der Waals surface area contributed by atoms with Gasteiger partial charge in [-0.1, -0.05) is 41.5 Å². The number of nitrogens with zero attached hydrogens (tertiary/aromatic N) is 1. The Labute approximate surface area is 194 Å². The molecule has 4 rings (SSSR count). The van der Waals surface area contributed by atoms with Crippen LogP contribution in [0.3, 0.4) is 0 Å². The first-order chi connectivity index (χ1) is 16.0. The van der Waals surface area contributed by atoms with E-state index in [0.29, 0.717) is 16.9 Å². The Balaban J connectivity index is 1.76. The number of carbonyl (C=O) groups is 2. The number of hydrogen-bond acceptors (Lipinski definition) is 4. The highest BCUT2D eigenvalue weighted by Gasteiger charge is 2.40. The Hall–Kier alpha value is -4.07. The van der Waals surface area contributed by atoms with Crippen LogP contribution < -0.4 is 15.0 Å². The van der Waals surface area contributed by atoms with Gasteiger partial charge in [-0.15, -0.1) is 13.2 Å². The Morgan fingerprint density at radius 1 is 0.794 bits per heavy atom. The molecule has 1 aliphatic heterocycles. The predicted molar refractivity (Wildman–Crippen MR) is 123 cm³/mol. The van der Waals surface area contributed by atoms with Crippen LogP contribution in [0.15, 0.2) is 72.4 Å². The first-order valence-corrected chi connectivity index (χ1v) is 10.4. The van der Waals surface area contributed by atoms with Crippen molar-refractivity contribution in [3.8, 4) is 5.75 Å². The smallest absolute Gasteiger partial charge is 0.406 e. The third-order valence-corrected chi connectivity index (χ3v) is 5.38. The fourth-order valence-electron chi connectivity index (χ4n) is 3.80. The lowest BCUT2D eigenvalue weighted by molar-refractivity contribution is -0.274.